The molecule has 2 N–H and O–H groups in total. The van der Waals surface area contributed by atoms with Gasteiger partial charge in [0, 0.05) is 34.5 Å². The molecule has 1 fully saturated rings. The number of carbonyl (C=O) groups is 2. The van der Waals surface area contributed by atoms with Gasteiger partial charge in [-0.1, -0.05) is 71.4 Å². The molecule has 38 heavy (non-hydrogen) atoms. The number of benzene rings is 3. The van der Waals surface area contributed by atoms with Gasteiger partial charge in [-0.25, -0.2) is 4.68 Å². The standard InChI is InChI=1S/C28H23ClN6O2S/c1-18-7-13-22(14-8-18)31-25(36)15-24-27(37)32-28(38-24)33-30-16-20-17-35(23-5-3-2-4-6-23)34-26(20)19-9-11-21(29)12-10-19/h2-14,16-17,24H,15H2,1H3,(H,31,36)(H,32,33,37)/b30-16+. The van der Waals surface area contributed by atoms with Crippen LogP contribution in [0.15, 0.2) is 95.3 Å². The first kappa shape index (κ1) is 25.4. The Morgan fingerprint density at radius 2 is 1.84 bits per heavy atom. The maximum atomic E-state index is 12.4. The molecule has 1 aromatic heterocycles. The summed E-state index contributed by atoms with van der Waals surface area (Å²) in [4.78, 5) is 24.8. The van der Waals surface area contributed by atoms with Crippen LogP contribution in [-0.4, -0.2) is 38.2 Å². The van der Waals surface area contributed by atoms with Gasteiger partial charge in [-0.15, -0.1) is 5.10 Å². The molecule has 8 nitrogen and oxygen atoms in total. The molecule has 10 heteroatoms. The predicted molar refractivity (Wildman–Crippen MR) is 153 cm³/mol. The van der Waals surface area contributed by atoms with Gasteiger partial charge in [0.1, 0.15) is 10.9 Å². The van der Waals surface area contributed by atoms with Crippen LogP contribution in [0.3, 0.4) is 0 Å². The van der Waals surface area contributed by atoms with E-state index in [9.17, 15) is 9.59 Å². The first-order valence-electron chi connectivity index (χ1n) is 11.8. The molecule has 1 aliphatic rings. The molecule has 1 aliphatic heterocycles. The van der Waals surface area contributed by atoms with Gasteiger partial charge in [0.2, 0.25) is 11.8 Å². The van der Waals surface area contributed by atoms with Crippen molar-refractivity contribution in [3.05, 3.63) is 101 Å². The minimum atomic E-state index is -0.583. The third-order valence-electron chi connectivity index (χ3n) is 5.71. The number of thioether (sulfide) groups is 1. The van der Waals surface area contributed by atoms with Crippen molar-refractivity contribution >= 4 is 52.2 Å². The molecule has 0 aliphatic carbocycles. The number of para-hydroxylation sites is 1. The van der Waals surface area contributed by atoms with E-state index in [1.54, 1.807) is 23.0 Å². The Morgan fingerprint density at radius 3 is 2.58 bits per heavy atom. The van der Waals surface area contributed by atoms with Gasteiger partial charge in [0.25, 0.3) is 0 Å². The van der Waals surface area contributed by atoms with E-state index in [-0.39, 0.29) is 18.2 Å². The Labute approximate surface area is 228 Å². The van der Waals surface area contributed by atoms with Crippen molar-refractivity contribution in [2.75, 3.05) is 5.32 Å². The number of rotatable bonds is 7. The maximum Gasteiger partial charge on any atom is 0.240 e. The zero-order valence-corrected chi connectivity index (χ0v) is 21.9. The van der Waals surface area contributed by atoms with Gasteiger partial charge in [-0.05, 0) is 43.3 Å². The summed E-state index contributed by atoms with van der Waals surface area (Å²) in [6, 6.07) is 24.6. The summed E-state index contributed by atoms with van der Waals surface area (Å²) in [5, 5.41) is 19.0. The number of nitrogens with one attached hydrogen (secondary N) is 2. The monoisotopic (exact) mass is 542 g/mol. The van der Waals surface area contributed by atoms with Crippen LogP contribution in [0, 0.1) is 6.92 Å². The van der Waals surface area contributed by atoms with Gasteiger partial charge < -0.3 is 10.6 Å². The molecule has 0 spiro atoms. The highest BCUT2D eigenvalue weighted by Crippen LogP contribution is 2.25. The third-order valence-corrected chi connectivity index (χ3v) is 7.03. The SMILES string of the molecule is Cc1ccc(NC(=O)CC2S/C(=N/N=C/c3cn(-c4ccccc4)nc3-c3ccc(Cl)cc3)NC2=O)cc1. The van der Waals surface area contributed by atoms with Crippen molar-refractivity contribution in [3.8, 4) is 16.9 Å². The zero-order chi connectivity index (χ0) is 26.5. The van der Waals surface area contributed by atoms with Crippen molar-refractivity contribution in [1.29, 1.82) is 0 Å². The van der Waals surface area contributed by atoms with E-state index in [0.29, 0.717) is 21.6 Å². The third kappa shape index (κ3) is 6.19. The molecular weight excluding hydrogens is 520 g/mol. The molecule has 190 valence electrons. The summed E-state index contributed by atoms with van der Waals surface area (Å²) in [7, 11) is 0. The van der Waals surface area contributed by atoms with Gasteiger partial charge in [0.15, 0.2) is 5.17 Å². The van der Waals surface area contributed by atoms with Crippen LogP contribution in [0.4, 0.5) is 5.69 Å². The van der Waals surface area contributed by atoms with Crippen LogP contribution < -0.4 is 10.6 Å². The van der Waals surface area contributed by atoms with Gasteiger partial charge in [-0.3, -0.25) is 9.59 Å². The molecule has 0 bridgehead atoms. The smallest absolute Gasteiger partial charge is 0.240 e. The number of nitrogens with zero attached hydrogens (tertiary/aromatic N) is 4. The average molecular weight is 543 g/mol. The highest BCUT2D eigenvalue weighted by atomic mass is 35.5. The first-order chi connectivity index (χ1) is 18.4. The number of aryl methyl sites for hydroxylation is 1. The number of carbonyl (C=O) groups excluding carboxylic acids is 2. The lowest BCUT2D eigenvalue weighted by Crippen LogP contribution is -2.28. The second-order valence-corrected chi connectivity index (χ2v) is 10.2. The van der Waals surface area contributed by atoms with Crippen LogP contribution in [0.2, 0.25) is 5.02 Å². The number of anilines is 1. The number of amides is 2. The lowest BCUT2D eigenvalue weighted by molar-refractivity contribution is -0.122. The van der Waals surface area contributed by atoms with E-state index in [0.717, 1.165) is 22.4 Å². The molecule has 2 heterocycles. The summed E-state index contributed by atoms with van der Waals surface area (Å²) in [6.07, 6.45) is 3.48. The lowest BCUT2D eigenvalue weighted by atomic mass is 10.1. The fraction of sp³-hybridized carbons (Fsp3) is 0.107. The summed E-state index contributed by atoms with van der Waals surface area (Å²) >= 11 is 7.24. The topological polar surface area (TPSA) is 101 Å². The second-order valence-electron chi connectivity index (χ2n) is 8.58. The molecule has 2 amide bonds. The minimum absolute atomic E-state index is 0.0255. The number of hydrogen-bond donors (Lipinski definition) is 2. The molecule has 3 aromatic carbocycles. The van der Waals surface area contributed by atoms with Crippen molar-refractivity contribution in [3.63, 3.8) is 0 Å². The van der Waals surface area contributed by atoms with Gasteiger partial charge in [0.05, 0.1) is 11.9 Å². The normalized spacial score (nSPS) is 16.2. The van der Waals surface area contributed by atoms with Crippen LogP contribution in [0.1, 0.15) is 17.5 Å². The molecule has 0 saturated carbocycles. The van der Waals surface area contributed by atoms with E-state index in [1.807, 2.05) is 79.9 Å². The Hall–Kier alpha value is -4.21. The van der Waals surface area contributed by atoms with Crippen molar-refractivity contribution in [2.45, 2.75) is 18.6 Å². The highest BCUT2D eigenvalue weighted by molar-refractivity contribution is 8.15. The van der Waals surface area contributed by atoms with E-state index >= 15 is 0 Å². The predicted octanol–water partition coefficient (Wildman–Crippen LogP) is 5.45. The lowest BCUT2D eigenvalue weighted by Gasteiger charge is -2.07. The van der Waals surface area contributed by atoms with E-state index < -0.39 is 5.25 Å². The fourth-order valence-electron chi connectivity index (χ4n) is 3.77. The first-order valence-corrected chi connectivity index (χ1v) is 13.1. The fourth-order valence-corrected chi connectivity index (χ4v) is 4.82. The van der Waals surface area contributed by atoms with Crippen molar-refractivity contribution < 1.29 is 9.59 Å². The van der Waals surface area contributed by atoms with Gasteiger partial charge in [-0.2, -0.15) is 10.2 Å². The Balaban J connectivity index is 1.30. The van der Waals surface area contributed by atoms with Crippen LogP contribution in [0.5, 0.6) is 0 Å². The van der Waals surface area contributed by atoms with Crippen molar-refractivity contribution in [2.24, 2.45) is 10.2 Å². The molecule has 4 aromatic rings. The summed E-state index contributed by atoms with van der Waals surface area (Å²) in [6.45, 7) is 1.97. The van der Waals surface area contributed by atoms with E-state index in [2.05, 4.69) is 20.8 Å². The molecular formula is C28H23ClN6O2S. The zero-order valence-electron chi connectivity index (χ0n) is 20.3. The molecule has 0 radical (unpaired) electrons. The molecule has 1 atom stereocenters. The number of amidine groups is 1. The largest absolute Gasteiger partial charge is 0.326 e. The summed E-state index contributed by atoms with van der Waals surface area (Å²) in [5.41, 5.74) is 5.02. The molecule has 5 rings (SSSR count). The minimum Gasteiger partial charge on any atom is -0.326 e. The second kappa shape index (κ2) is 11.5. The summed E-state index contributed by atoms with van der Waals surface area (Å²) < 4.78 is 1.77. The van der Waals surface area contributed by atoms with Gasteiger partial charge >= 0.3 is 0 Å². The number of hydrogen-bond acceptors (Lipinski definition) is 6. The Kier molecular flexibility index (Phi) is 7.67. The van der Waals surface area contributed by atoms with E-state index in [1.165, 1.54) is 11.8 Å². The quantitative estimate of drug-likeness (QED) is 0.239. The van der Waals surface area contributed by atoms with Crippen LogP contribution >= 0.6 is 23.4 Å². The molecule has 1 saturated heterocycles. The highest BCUT2D eigenvalue weighted by Gasteiger charge is 2.32. The Bertz CT molecular complexity index is 1520. The van der Waals surface area contributed by atoms with Crippen LogP contribution in [0.25, 0.3) is 16.9 Å². The average Bonchev–Trinajstić information content (AvgIpc) is 3.49. The maximum absolute atomic E-state index is 12.4. The van der Waals surface area contributed by atoms with E-state index in [4.69, 9.17) is 16.7 Å². The Morgan fingerprint density at radius 1 is 1.11 bits per heavy atom. The van der Waals surface area contributed by atoms with Crippen molar-refractivity contribution in [1.82, 2.24) is 15.1 Å². The summed E-state index contributed by atoms with van der Waals surface area (Å²) in [5.74, 6) is -0.519. The number of aromatic nitrogens is 2. The molecule has 1 unspecified atom stereocenters. The number of halogens is 1. The van der Waals surface area contributed by atoms with Crippen LogP contribution in [-0.2, 0) is 9.59 Å².